The van der Waals surface area contributed by atoms with Gasteiger partial charge in [-0.15, -0.1) is 0 Å². The van der Waals surface area contributed by atoms with E-state index in [0.29, 0.717) is 0 Å². The van der Waals surface area contributed by atoms with Crippen LogP contribution in [0, 0.1) is 0 Å². The van der Waals surface area contributed by atoms with E-state index >= 15 is 0 Å². The van der Waals surface area contributed by atoms with Crippen LogP contribution in [0.2, 0.25) is 0 Å². The minimum Gasteiger partial charge on any atom is -0.381 e. The summed E-state index contributed by atoms with van der Waals surface area (Å²) < 4.78 is 5.30. The third kappa shape index (κ3) is 5.01. The van der Waals surface area contributed by atoms with Crippen molar-refractivity contribution in [2.24, 2.45) is 5.73 Å². The van der Waals surface area contributed by atoms with E-state index in [2.05, 4.69) is 19.6 Å². The van der Waals surface area contributed by atoms with Crippen molar-refractivity contribution >= 4 is 12.6 Å². The first-order valence-corrected chi connectivity index (χ1v) is 5.04. The van der Waals surface area contributed by atoms with E-state index in [4.69, 9.17) is 10.5 Å². The van der Waals surface area contributed by atoms with Crippen molar-refractivity contribution in [1.82, 2.24) is 0 Å². The van der Waals surface area contributed by atoms with Gasteiger partial charge in [0.25, 0.3) is 0 Å². The lowest BCUT2D eigenvalue weighted by molar-refractivity contribution is 0.0779. The Morgan fingerprint density at radius 3 is 2.42 bits per heavy atom. The summed E-state index contributed by atoms with van der Waals surface area (Å²) in [6.45, 7) is 4.19. The van der Waals surface area contributed by atoms with E-state index in [1.54, 1.807) is 7.11 Å². The Balaban J connectivity index is 3.83. The molecule has 2 nitrogen and oxygen atoms in total. The fourth-order valence-electron chi connectivity index (χ4n) is 1.16. The van der Waals surface area contributed by atoms with Gasteiger partial charge in [0.05, 0.1) is 11.0 Å². The van der Waals surface area contributed by atoms with Gasteiger partial charge in [-0.3, -0.25) is 0 Å². The molecule has 0 heterocycles. The average Bonchev–Trinajstić information content (AvgIpc) is 2.03. The number of thiol groups is 1. The first kappa shape index (κ1) is 12.3. The Morgan fingerprint density at radius 2 is 2.08 bits per heavy atom. The van der Waals surface area contributed by atoms with Crippen molar-refractivity contribution in [2.75, 3.05) is 7.11 Å². The molecular formula is C9H21NOS. The van der Waals surface area contributed by atoms with Crippen molar-refractivity contribution in [3.63, 3.8) is 0 Å². The molecule has 0 saturated carbocycles. The summed E-state index contributed by atoms with van der Waals surface area (Å²) in [5.74, 6) is 0. The Bertz CT molecular complexity index is 117. The molecule has 0 saturated heterocycles. The topological polar surface area (TPSA) is 35.2 Å². The molecule has 0 radical (unpaired) electrons. The quantitative estimate of drug-likeness (QED) is 0.498. The van der Waals surface area contributed by atoms with Crippen LogP contribution < -0.4 is 5.73 Å². The molecule has 3 heteroatoms. The molecule has 0 fully saturated rings. The summed E-state index contributed by atoms with van der Waals surface area (Å²) in [6, 6.07) is 0. The normalized spacial score (nSPS) is 18.8. The number of ether oxygens (including phenoxy) is 1. The highest BCUT2D eigenvalue weighted by atomic mass is 32.1. The maximum Gasteiger partial charge on any atom is 0.0612 e. The van der Waals surface area contributed by atoms with Gasteiger partial charge in [0.1, 0.15) is 0 Å². The smallest absolute Gasteiger partial charge is 0.0612 e. The van der Waals surface area contributed by atoms with Gasteiger partial charge in [-0.2, -0.15) is 12.6 Å². The third-order valence-electron chi connectivity index (χ3n) is 2.14. The van der Waals surface area contributed by atoms with Crippen molar-refractivity contribution in [1.29, 1.82) is 0 Å². The fraction of sp³-hybridized carbons (Fsp3) is 1.00. The average molecular weight is 191 g/mol. The van der Waals surface area contributed by atoms with Crippen LogP contribution in [-0.2, 0) is 4.74 Å². The van der Waals surface area contributed by atoms with E-state index in [-0.39, 0.29) is 11.0 Å². The Hall–Kier alpha value is 0.270. The molecule has 2 atom stereocenters. The summed E-state index contributed by atoms with van der Waals surface area (Å²) in [5, 5.41) is 0. The molecule has 0 aromatic rings. The summed E-state index contributed by atoms with van der Waals surface area (Å²) in [4.78, 5) is -0.365. The molecule has 0 aliphatic rings. The van der Waals surface area contributed by atoms with Crippen molar-refractivity contribution < 1.29 is 4.74 Å². The van der Waals surface area contributed by atoms with Crippen LogP contribution in [0.3, 0.4) is 0 Å². The standard InChI is InChI=1S/C9H21NOS/c1-4-6-8(11-3)7-9(10,12)5-2/h8,12H,4-7,10H2,1-3H3. The monoisotopic (exact) mass is 191 g/mol. The maximum absolute atomic E-state index is 5.91. The third-order valence-corrected chi connectivity index (χ3v) is 2.64. The molecule has 0 aromatic heterocycles. The molecule has 0 aromatic carbocycles. The molecule has 0 aliphatic carbocycles. The second-order valence-electron chi connectivity index (χ2n) is 3.31. The SMILES string of the molecule is CCCC(CC(N)(S)CC)OC. The molecule has 12 heavy (non-hydrogen) atoms. The van der Waals surface area contributed by atoms with E-state index in [1.165, 1.54) is 0 Å². The Morgan fingerprint density at radius 1 is 1.50 bits per heavy atom. The number of rotatable bonds is 6. The van der Waals surface area contributed by atoms with Gasteiger partial charge >= 0.3 is 0 Å². The molecule has 0 bridgehead atoms. The van der Waals surface area contributed by atoms with Gasteiger partial charge < -0.3 is 10.5 Å². The van der Waals surface area contributed by atoms with Crippen LogP contribution in [0.5, 0.6) is 0 Å². The highest BCUT2D eigenvalue weighted by Gasteiger charge is 2.22. The summed E-state index contributed by atoms with van der Waals surface area (Å²) in [7, 11) is 1.74. The van der Waals surface area contributed by atoms with Gasteiger partial charge in [0.2, 0.25) is 0 Å². The van der Waals surface area contributed by atoms with E-state index in [1.807, 2.05) is 6.92 Å². The minimum atomic E-state index is -0.365. The predicted molar refractivity (Wildman–Crippen MR) is 56.5 cm³/mol. The molecular weight excluding hydrogens is 170 g/mol. The van der Waals surface area contributed by atoms with Gasteiger partial charge in [0, 0.05) is 13.5 Å². The lowest BCUT2D eigenvalue weighted by Gasteiger charge is -2.26. The van der Waals surface area contributed by atoms with E-state index < -0.39 is 0 Å². The number of nitrogens with two attached hydrogens (primary N) is 1. The van der Waals surface area contributed by atoms with Crippen LogP contribution in [-0.4, -0.2) is 18.1 Å². The second kappa shape index (κ2) is 5.84. The van der Waals surface area contributed by atoms with Crippen molar-refractivity contribution in [3.05, 3.63) is 0 Å². The molecule has 0 spiro atoms. The summed E-state index contributed by atoms with van der Waals surface area (Å²) >= 11 is 4.37. The minimum absolute atomic E-state index is 0.262. The summed E-state index contributed by atoms with van der Waals surface area (Å²) in [5.41, 5.74) is 5.91. The van der Waals surface area contributed by atoms with Crippen molar-refractivity contribution in [2.45, 2.75) is 50.5 Å². The zero-order valence-electron chi connectivity index (χ0n) is 8.34. The van der Waals surface area contributed by atoms with Crippen LogP contribution in [0.25, 0.3) is 0 Å². The highest BCUT2D eigenvalue weighted by molar-refractivity contribution is 7.81. The van der Waals surface area contributed by atoms with Crippen LogP contribution in [0.1, 0.15) is 39.5 Å². The zero-order chi connectivity index (χ0) is 9.61. The molecule has 74 valence electrons. The molecule has 0 amide bonds. The molecule has 0 aliphatic heterocycles. The Labute approximate surface area is 81.3 Å². The largest absolute Gasteiger partial charge is 0.381 e. The van der Waals surface area contributed by atoms with Gasteiger partial charge in [-0.1, -0.05) is 20.3 Å². The van der Waals surface area contributed by atoms with Crippen LogP contribution in [0.4, 0.5) is 0 Å². The first-order chi connectivity index (χ1) is 5.55. The Kier molecular flexibility index (Phi) is 5.97. The van der Waals surface area contributed by atoms with Gasteiger partial charge in [-0.05, 0) is 12.8 Å². The number of methoxy groups -OCH3 is 1. The second-order valence-corrected chi connectivity index (χ2v) is 4.20. The first-order valence-electron chi connectivity index (χ1n) is 4.59. The number of hydrogen-bond donors (Lipinski definition) is 2. The van der Waals surface area contributed by atoms with Crippen LogP contribution in [0.15, 0.2) is 0 Å². The maximum atomic E-state index is 5.91. The summed E-state index contributed by atoms with van der Waals surface area (Å²) in [6.07, 6.45) is 4.16. The van der Waals surface area contributed by atoms with E-state index in [0.717, 1.165) is 25.7 Å². The van der Waals surface area contributed by atoms with E-state index in [9.17, 15) is 0 Å². The van der Waals surface area contributed by atoms with Gasteiger partial charge in [-0.25, -0.2) is 0 Å². The molecule has 2 N–H and O–H groups in total. The molecule has 0 rings (SSSR count). The van der Waals surface area contributed by atoms with Gasteiger partial charge in [0.15, 0.2) is 0 Å². The highest BCUT2D eigenvalue weighted by Crippen LogP contribution is 2.21. The number of hydrogen-bond acceptors (Lipinski definition) is 3. The lowest BCUT2D eigenvalue weighted by atomic mass is 10.0. The fourth-order valence-corrected chi connectivity index (χ4v) is 1.37. The predicted octanol–water partition coefficient (Wildman–Crippen LogP) is 2.19. The molecule has 2 unspecified atom stereocenters. The van der Waals surface area contributed by atoms with Crippen LogP contribution >= 0.6 is 12.6 Å². The van der Waals surface area contributed by atoms with Crippen molar-refractivity contribution in [3.8, 4) is 0 Å². The zero-order valence-corrected chi connectivity index (χ0v) is 9.23. The lowest BCUT2D eigenvalue weighted by Crippen LogP contribution is -2.37.